The molecule has 2 aromatic heterocycles. The number of anilines is 2. The van der Waals surface area contributed by atoms with E-state index in [2.05, 4.69) is 25.2 Å². The fourth-order valence-electron chi connectivity index (χ4n) is 5.51. The van der Waals surface area contributed by atoms with Crippen LogP contribution in [-0.2, 0) is 11.4 Å². The Bertz CT molecular complexity index is 1490. The number of amides is 1. The van der Waals surface area contributed by atoms with Crippen molar-refractivity contribution in [1.29, 1.82) is 0 Å². The Balaban J connectivity index is 1.15. The predicted molar refractivity (Wildman–Crippen MR) is 159 cm³/mol. The van der Waals surface area contributed by atoms with Crippen LogP contribution in [0.2, 0.25) is 5.02 Å². The lowest BCUT2D eigenvalue weighted by Gasteiger charge is -2.27. The van der Waals surface area contributed by atoms with Gasteiger partial charge in [-0.3, -0.25) is 14.7 Å². The van der Waals surface area contributed by atoms with Gasteiger partial charge >= 0.3 is 0 Å². The van der Waals surface area contributed by atoms with Crippen LogP contribution < -0.4 is 14.8 Å². The Labute approximate surface area is 244 Å². The molecule has 1 N–H and O–H groups in total. The van der Waals surface area contributed by atoms with Crippen LogP contribution in [0, 0.1) is 0 Å². The molecule has 0 bridgehead atoms. The Hall–Kier alpha value is -3.95. The number of benzene rings is 2. The summed E-state index contributed by atoms with van der Waals surface area (Å²) in [5.41, 5.74) is 2.33. The average molecular weight is 573 g/mol. The lowest BCUT2D eigenvalue weighted by atomic mass is 10.2. The summed E-state index contributed by atoms with van der Waals surface area (Å²) in [4.78, 5) is 30.5. The number of halogens is 1. The second kappa shape index (κ2) is 12.7. The van der Waals surface area contributed by atoms with Gasteiger partial charge in [0, 0.05) is 18.4 Å². The van der Waals surface area contributed by atoms with Crippen molar-refractivity contribution >= 4 is 39.9 Å². The molecule has 0 aliphatic carbocycles. The third kappa shape index (κ3) is 6.52. The van der Waals surface area contributed by atoms with Crippen LogP contribution in [-0.4, -0.2) is 69.5 Å². The van der Waals surface area contributed by atoms with Gasteiger partial charge in [0.15, 0.2) is 0 Å². The minimum atomic E-state index is 0.0545. The van der Waals surface area contributed by atoms with Crippen LogP contribution in [0.4, 0.5) is 11.5 Å². The summed E-state index contributed by atoms with van der Waals surface area (Å²) >= 11 is 6.55. The van der Waals surface area contributed by atoms with Crippen molar-refractivity contribution in [3.05, 3.63) is 77.8 Å². The molecule has 0 saturated carbocycles. The molecule has 1 atom stereocenters. The van der Waals surface area contributed by atoms with E-state index < -0.39 is 0 Å². The van der Waals surface area contributed by atoms with Crippen molar-refractivity contribution in [3.63, 3.8) is 0 Å². The Kier molecular flexibility index (Phi) is 8.44. The first-order valence-corrected chi connectivity index (χ1v) is 14.5. The maximum Gasteiger partial charge on any atom is 0.237 e. The molecule has 2 saturated heterocycles. The van der Waals surface area contributed by atoms with E-state index in [1.807, 2.05) is 53.4 Å². The molecule has 1 amide bonds. The number of nitrogens with zero attached hydrogens (tertiary/aromatic N) is 5. The lowest BCUT2D eigenvalue weighted by Crippen LogP contribution is -2.44. The van der Waals surface area contributed by atoms with Crippen LogP contribution in [0.15, 0.2) is 67.1 Å². The van der Waals surface area contributed by atoms with Gasteiger partial charge < -0.3 is 19.7 Å². The SMILES string of the molecule is O=C(CN1CCCC1)N1CCCC1COc1cccc2ncnc(Nc3ccc(OCc4ccccn4)c(Cl)c3)c12. The van der Waals surface area contributed by atoms with Crippen LogP contribution in [0.3, 0.4) is 0 Å². The van der Waals surface area contributed by atoms with Gasteiger partial charge in [0.25, 0.3) is 0 Å². The minimum absolute atomic E-state index is 0.0545. The van der Waals surface area contributed by atoms with Crippen LogP contribution in [0.1, 0.15) is 31.4 Å². The highest BCUT2D eigenvalue weighted by atomic mass is 35.5. The van der Waals surface area contributed by atoms with Crippen molar-refractivity contribution in [2.75, 3.05) is 38.1 Å². The van der Waals surface area contributed by atoms with E-state index in [1.54, 1.807) is 12.3 Å². The number of hydrogen-bond donors (Lipinski definition) is 1. The fraction of sp³-hybridized carbons (Fsp3) is 0.355. The highest BCUT2D eigenvalue weighted by Gasteiger charge is 2.30. The summed E-state index contributed by atoms with van der Waals surface area (Å²) in [5, 5.41) is 4.62. The third-order valence-corrected chi connectivity index (χ3v) is 7.90. The number of fused-ring (bicyclic) bond motifs is 1. The molecule has 2 aromatic carbocycles. The number of carbonyl (C=O) groups excluding carboxylic acids is 1. The summed E-state index contributed by atoms with van der Waals surface area (Å²) in [6.45, 7) is 4.06. The lowest BCUT2D eigenvalue weighted by molar-refractivity contribution is -0.133. The molecule has 2 fully saturated rings. The van der Waals surface area contributed by atoms with Crippen molar-refractivity contribution in [2.45, 2.75) is 38.3 Å². The number of likely N-dealkylation sites (tertiary alicyclic amines) is 2. The Morgan fingerprint density at radius 2 is 1.85 bits per heavy atom. The second-order valence-corrected chi connectivity index (χ2v) is 10.8. The molecule has 0 radical (unpaired) electrons. The highest BCUT2D eigenvalue weighted by molar-refractivity contribution is 6.32. The van der Waals surface area contributed by atoms with Gasteiger partial charge in [-0.2, -0.15) is 0 Å². The van der Waals surface area contributed by atoms with E-state index in [-0.39, 0.29) is 11.9 Å². The van der Waals surface area contributed by atoms with E-state index >= 15 is 0 Å². The molecule has 4 aromatic rings. The maximum absolute atomic E-state index is 13.0. The van der Waals surface area contributed by atoms with Gasteiger partial charge in [-0.25, -0.2) is 9.97 Å². The number of pyridine rings is 1. The molecular formula is C31H33ClN6O3. The van der Waals surface area contributed by atoms with Crippen LogP contribution in [0.25, 0.3) is 10.9 Å². The first kappa shape index (κ1) is 27.2. The van der Waals surface area contributed by atoms with E-state index in [0.29, 0.717) is 42.1 Å². The molecule has 4 heterocycles. The molecular weight excluding hydrogens is 540 g/mol. The summed E-state index contributed by atoms with van der Waals surface area (Å²) < 4.78 is 12.2. The normalized spacial score (nSPS) is 17.2. The number of nitrogens with one attached hydrogen (secondary N) is 1. The molecule has 0 spiro atoms. The first-order chi connectivity index (χ1) is 20.1. The minimum Gasteiger partial charge on any atom is -0.491 e. The van der Waals surface area contributed by atoms with Crippen LogP contribution >= 0.6 is 11.6 Å². The Morgan fingerprint density at radius 3 is 2.68 bits per heavy atom. The summed E-state index contributed by atoms with van der Waals surface area (Å²) in [6, 6.07) is 17.0. The zero-order valence-electron chi connectivity index (χ0n) is 22.8. The molecule has 6 rings (SSSR count). The van der Waals surface area contributed by atoms with E-state index in [1.165, 1.54) is 19.2 Å². The van der Waals surface area contributed by atoms with Crippen LogP contribution in [0.5, 0.6) is 11.5 Å². The van der Waals surface area contributed by atoms with Gasteiger partial charge in [-0.05, 0) is 81.2 Å². The van der Waals surface area contributed by atoms with Gasteiger partial charge in [0.05, 0.1) is 34.2 Å². The zero-order chi connectivity index (χ0) is 28.0. The standard InChI is InChI=1S/C31H33ClN6O3/c32-25-17-22(11-12-27(25)40-19-23-7-1-2-13-33-23)36-31-30-26(34-21-35-31)9-5-10-28(30)41-20-24-8-6-16-38(24)29(39)18-37-14-3-4-15-37/h1-2,5,7,9-13,17,21,24H,3-4,6,8,14-16,18-20H2,(H,34,35,36). The smallest absolute Gasteiger partial charge is 0.237 e. The van der Waals surface area contributed by atoms with Gasteiger partial charge in [0.1, 0.15) is 36.9 Å². The summed E-state index contributed by atoms with van der Waals surface area (Å²) in [5.74, 6) is 2.05. The van der Waals surface area contributed by atoms with Gasteiger partial charge in [-0.1, -0.05) is 23.7 Å². The second-order valence-electron chi connectivity index (χ2n) is 10.4. The fourth-order valence-corrected chi connectivity index (χ4v) is 5.74. The topological polar surface area (TPSA) is 92.7 Å². The van der Waals surface area contributed by atoms with Gasteiger partial charge in [-0.15, -0.1) is 0 Å². The van der Waals surface area contributed by atoms with E-state index in [0.717, 1.165) is 54.8 Å². The molecule has 2 aliphatic rings. The Morgan fingerprint density at radius 1 is 0.951 bits per heavy atom. The molecule has 10 heteroatoms. The third-order valence-electron chi connectivity index (χ3n) is 7.61. The van der Waals surface area contributed by atoms with E-state index in [4.69, 9.17) is 21.1 Å². The first-order valence-electron chi connectivity index (χ1n) is 14.1. The zero-order valence-corrected chi connectivity index (χ0v) is 23.6. The molecule has 212 valence electrons. The highest BCUT2D eigenvalue weighted by Crippen LogP contribution is 2.34. The monoisotopic (exact) mass is 572 g/mol. The van der Waals surface area contributed by atoms with E-state index in [9.17, 15) is 4.79 Å². The predicted octanol–water partition coefficient (Wildman–Crippen LogP) is 5.47. The summed E-state index contributed by atoms with van der Waals surface area (Å²) in [7, 11) is 0. The largest absolute Gasteiger partial charge is 0.491 e. The number of rotatable bonds is 10. The van der Waals surface area contributed by atoms with Crippen molar-refractivity contribution in [1.82, 2.24) is 24.8 Å². The molecule has 2 aliphatic heterocycles. The quantitative estimate of drug-likeness (QED) is 0.267. The molecule has 41 heavy (non-hydrogen) atoms. The average Bonchev–Trinajstić information content (AvgIpc) is 3.69. The van der Waals surface area contributed by atoms with Crippen molar-refractivity contribution in [3.8, 4) is 11.5 Å². The summed E-state index contributed by atoms with van der Waals surface area (Å²) in [6.07, 6.45) is 7.54. The molecule has 9 nitrogen and oxygen atoms in total. The number of ether oxygens (including phenoxy) is 2. The maximum atomic E-state index is 13.0. The van der Waals surface area contributed by atoms with Crippen molar-refractivity contribution in [2.24, 2.45) is 0 Å². The number of hydrogen-bond acceptors (Lipinski definition) is 8. The number of carbonyl (C=O) groups is 1. The molecule has 1 unspecified atom stereocenters. The van der Waals surface area contributed by atoms with Crippen molar-refractivity contribution < 1.29 is 14.3 Å². The van der Waals surface area contributed by atoms with Gasteiger partial charge in [0.2, 0.25) is 5.91 Å². The number of aromatic nitrogens is 3.